The molecule has 1 aliphatic rings. The fourth-order valence-electron chi connectivity index (χ4n) is 2.62. The van der Waals surface area contributed by atoms with Crippen LogP contribution >= 0.6 is 0 Å². The van der Waals surface area contributed by atoms with Gasteiger partial charge in [-0.1, -0.05) is 36.8 Å². The van der Waals surface area contributed by atoms with Gasteiger partial charge in [-0.15, -0.1) is 0 Å². The van der Waals surface area contributed by atoms with Crippen molar-refractivity contribution in [2.75, 3.05) is 0 Å². The summed E-state index contributed by atoms with van der Waals surface area (Å²) in [5.74, 6) is 1.67. The summed E-state index contributed by atoms with van der Waals surface area (Å²) in [7, 11) is 0. The quantitative estimate of drug-likeness (QED) is 0.867. The molecule has 0 aliphatic heterocycles. The summed E-state index contributed by atoms with van der Waals surface area (Å²) in [6.07, 6.45) is 3.47. The minimum atomic E-state index is -0.0980. The van der Waals surface area contributed by atoms with Crippen molar-refractivity contribution in [1.82, 2.24) is 15.2 Å². The molecule has 1 fully saturated rings. The number of benzene rings is 1. The zero-order chi connectivity index (χ0) is 12.6. The molecule has 1 saturated carbocycles. The van der Waals surface area contributed by atoms with Gasteiger partial charge in [0.25, 0.3) is 0 Å². The highest BCUT2D eigenvalue weighted by Gasteiger charge is 2.43. The molecule has 1 unspecified atom stereocenters. The van der Waals surface area contributed by atoms with Gasteiger partial charge in [-0.05, 0) is 25.3 Å². The first-order valence-corrected chi connectivity index (χ1v) is 6.46. The first kappa shape index (κ1) is 11.4. The Morgan fingerprint density at radius 1 is 1.28 bits per heavy atom. The molecular formula is C14H18N4. The Hall–Kier alpha value is -1.68. The summed E-state index contributed by atoms with van der Waals surface area (Å²) >= 11 is 0. The molecule has 2 aromatic rings. The minimum Gasteiger partial charge on any atom is -0.322 e. The molecule has 1 atom stereocenters. The van der Waals surface area contributed by atoms with Gasteiger partial charge in [-0.25, -0.2) is 4.98 Å². The number of aromatic nitrogens is 3. The van der Waals surface area contributed by atoms with Gasteiger partial charge in [-0.2, -0.15) is 5.10 Å². The molecule has 1 aromatic carbocycles. The predicted octanol–water partition coefficient (Wildman–Crippen LogP) is 2.29. The van der Waals surface area contributed by atoms with E-state index in [9.17, 15) is 0 Å². The highest BCUT2D eigenvalue weighted by atomic mass is 15.2. The molecule has 1 aliphatic carbocycles. The number of aromatic amines is 1. The van der Waals surface area contributed by atoms with Crippen molar-refractivity contribution < 1.29 is 0 Å². The van der Waals surface area contributed by atoms with E-state index < -0.39 is 0 Å². The molecule has 0 amide bonds. The standard InChI is InChI=1S/C14H18N4/c1-10(15)12-16-13(18-17-12)14(8-5-9-14)11-6-3-2-4-7-11/h2-4,6-7,10H,5,8-9,15H2,1H3,(H,16,17,18). The van der Waals surface area contributed by atoms with Crippen molar-refractivity contribution in [2.24, 2.45) is 5.73 Å². The number of hydrogen-bond acceptors (Lipinski definition) is 3. The van der Waals surface area contributed by atoms with Crippen LogP contribution in [0.5, 0.6) is 0 Å². The predicted molar refractivity (Wildman–Crippen MR) is 70.1 cm³/mol. The van der Waals surface area contributed by atoms with Crippen LogP contribution in [0.1, 0.15) is 49.4 Å². The largest absolute Gasteiger partial charge is 0.322 e. The van der Waals surface area contributed by atoms with Gasteiger partial charge in [0, 0.05) is 0 Å². The maximum atomic E-state index is 5.83. The Kier molecular flexibility index (Phi) is 2.67. The fraction of sp³-hybridized carbons (Fsp3) is 0.429. The Morgan fingerprint density at radius 2 is 2.00 bits per heavy atom. The molecular weight excluding hydrogens is 224 g/mol. The average molecular weight is 242 g/mol. The molecule has 94 valence electrons. The van der Waals surface area contributed by atoms with Crippen molar-refractivity contribution in [1.29, 1.82) is 0 Å². The average Bonchev–Trinajstić information content (AvgIpc) is 2.79. The molecule has 0 spiro atoms. The maximum absolute atomic E-state index is 5.83. The van der Waals surface area contributed by atoms with Crippen LogP contribution in [0.4, 0.5) is 0 Å². The molecule has 0 bridgehead atoms. The van der Waals surface area contributed by atoms with E-state index in [1.165, 1.54) is 12.0 Å². The van der Waals surface area contributed by atoms with Gasteiger partial charge in [-0.3, -0.25) is 5.10 Å². The molecule has 4 heteroatoms. The SMILES string of the molecule is CC(N)c1nc(C2(c3ccccc3)CCC2)n[nH]1. The zero-order valence-electron chi connectivity index (χ0n) is 10.6. The first-order valence-electron chi connectivity index (χ1n) is 6.46. The summed E-state index contributed by atoms with van der Waals surface area (Å²) in [5, 5.41) is 7.35. The van der Waals surface area contributed by atoms with E-state index in [0.717, 1.165) is 24.5 Å². The van der Waals surface area contributed by atoms with Crippen LogP contribution in [-0.4, -0.2) is 15.2 Å². The Labute approximate surface area is 107 Å². The van der Waals surface area contributed by atoms with Gasteiger partial charge in [0.1, 0.15) is 5.82 Å². The monoisotopic (exact) mass is 242 g/mol. The van der Waals surface area contributed by atoms with Gasteiger partial charge < -0.3 is 5.73 Å². The van der Waals surface area contributed by atoms with Crippen molar-refractivity contribution >= 4 is 0 Å². The molecule has 1 heterocycles. The highest BCUT2D eigenvalue weighted by molar-refractivity contribution is 5.35. The maximum Gasteiger partial charge on any atom is 0.161 e. The second kappa shape index (κ2) is 4.21. The lowest BCUT2D eigenvalue weighted by Crippen LogP contribution is -2.36. The lowest BCUT2D eigenvalue weighted by molar-refractivity contribution is 0.285. The lowest BCUT2D eigenvalue weighted by Gasteiger charge is -2.39. The van der Waals surface area contributed by atoms with Crippen LogP contribution in [0.2, 0.25) is 0 Å². The minimum absolute atomic E-state index is 0.00486. The molecule has 0 radical (unpaired) electrons. The number of nitrogens with two attached hydrogens (primary N) is 1. The van der Waals surface area contributed by atoms with Crippen molar-refractivity contribution in [3.63, 3.8) is 0 Å². The van der Waals surface area contributed by atoms with E-state index >= 15 is 0 Å². The third-order valence-electron chi connectivity index (χ3n) is 3.90. The highest BCUT2D eigenvalue weighted by Crippen LogP contribution is 2.47. The summed E-state index contributed by atoms with van der Waals surface area (Å²) in [6, 6.07) is 10.4. The van der Waals surface area contributed by atoms with Gasteiger partial charge in [0.15, 0.2) is 5.82 Å². The van der Waals surface area contributed by atoms with Crippen molar-refractivity contribution in [2.45, 2.75) is 37.6 Å². The molecule has 0 saturated heterocycles. The topological polar surface area (TPSA) is 67.6 Å². The first-order chi connectivity index (χ1) is 8.72. The summed E-state index contributed by atoms with van der Waals surface area (Å²) in [6.45, 7) is 1.92. The van der Waals surface area contributed by atoms with E-state index in [1.54, 1.807) is 0 Å². The zero-order valence-corrected chi connectivity index (χ0v) is 10.6. The second-order valence-corrected chi connectivity index (χ2v) is 5.13. The fourth-order valence-corrected chi connectivity index (χ4v) is 2.62. The van der Waals surface area contributed by atoms with E-state index in [2.05, 4.69) is 39.4 Å². The number of nitrogens with zero attached hydrogens (tertiary/aromatic N) is 2. The van der Waals surface area contributed by atoms with E-state index in [-0.39, 0.29) is 11.5 Å². The molecule has 3 rings (SSSR count). The van der Waals surface area contributed by atoms with Crippen LogP contribution < -0.4 is 5.73 Å². The van der Waals surface area contributed by atoms with Crippen LogP contribution in [-0.2, 0) is 5.41 Å². The van der Waals surface area contributed by atoms with Crippen molar-refractivity contribution in [3.05, 3.63) is 47.5 Å². The van der Waals surface area contributed by atoms with Crippen LogP contribution in [0.15, 0.2) is 30.3 Å². The Balaban J connectivity index is 2.01. The normalized spacial score (nSPS) is 19.2. The number of H-pyrrole nitrogens is 1. The van der Waals surface area contributed by atoms with E-state index in [0.29, 0.717) is 0 Å². The number of hydrogen-bond donors (Lipinski definition) is 2. The van der Waals surface area contributed by atoms with Crippen molar-refractivity contribution in [3.8, 4) is 0 Å². The Morgan fingerprint density at radius 3 is 2.50 bits per heavy atom. The van der Waals surface area contributed by atoms with E-state index in [1.807, 2.05) is 13.0 Å². The van der Waals surface area contributed by atoms with Crippen LogP contribution in [0.3, 0.4) is 0 Å². The van der Waals surface area contributed by atoms with Crippen LogP contribution in [0, 0.1) is 0 Å². The summed E-state index contributed by atoms with van der Waals surface area (Å²) < 4.78 is 0. The van der Waals surface area contributed by atoms with Gasteiger partial charge in [0.05, 0.1) is 11.5 Å². The second-order valence-electron chi connectivity index (χ2n) is 5.13. The lowest BCUT2D eigenvalue weighted by atomic mass is 9.64. The smallest absolute Gasteiger partial charge is 0.161 e. The third-order valence-corrected chi connectivity index (χ3v) is 3.90. The number of rotatable bonds is 3. The summed E-state index contributed by atoms with van der Waals surface area (Å²) in [5.41, 5.74) is 7.15. The van der Waals surface area contributed by atoms with Gasteiger partial charge in [0.2, 0.25) is 0 Å². The molecule has 18 heavy (non-hydrogen) atoms. The molecule has 3 N–H and O–H groups in total. The van der Waals surface area contributed by atoms with Crippen LogP contribution in [0.25, 0.3) is 0 Å². The summed E-state index contributed by atoms with van der Waals surface area (Å²) in [4.78, 5) is 4.59. The molecule has 1 aromatic heterocycles. The van der Waals surface area contributed by atoms with E-state index in [4.69, 9.17) is 5.73 Å². The van der Waals surface area contributed by atoms with Gasteiger partial charge >= 0.3 is 0 Å². The third kappa shape index (κ3) is 1.64. The number of nitrogens with one attached hydrogen (secondary N) is 1. The molecule has 4 nitrogen and oxygen atoms in total. The Bertz CT molecular complexity index is 526.